The molecule has 198 valence electrons. The molecular formula is C27H41F3N2O3. The van der Waals surface area contributed by atoms with Gasteiger partial charge < -0.3 is 14.8 Å². The average molecular weight is 499 g/mol. The molecule has 1 saturated heterocycles. The van der Waals surface area contributed by atoms with Crippen LogP contribution in [0.1, 0.15) is 84.8 Å². The molecule has 0 spiro atoms. The highest BCUT2D eigenvalue weighted by molar-refractivity contribution is 5.95. The van der Waals surface area contributed by atoms with E-state index < -0.39 is 11.7 Å². The molecule has 8 heteroatoms. The maximum absolute atomic E-state index is 13.8. The van der Waals surface area contributed by atoms with E-state index in [0.717, 1.165) is 37.6 Å². The molecule has 0 aliphatic carbocycles. The first-order chi connectivity index (χ1) is 16.7. The van der Waals surface area contributed by atoms with Crippen molar-refractivity contribution >= 4 is 17.4 Å². The Kier molecular flexibility index (Phi) is 13.7. The van der Waals surface area contributed by atoms with Gasteiger partial charge >= 0.3 is 12.1 Å². The smallest absolute Gasteiger partial charge is 0.419 e. The Morgan fingerprint density at radius 2 is 1.94 bits per heavy atom. The van der Waals surface area contributed by atoms with Crippen molar-refractivity contribution < 1.29 is 27.4 Å². The van der Waals surface area contributed by atoms with E-state index in [2.05, 4.69) is 19.2 Å². The lowest BCUT2D eigenvalue weighted by Crippen LogP contribution is -2.34. The third kappa shape index (κ3) is 10.0. The highest BCUT2D eigenvalue weighted by atomic mass is 19.4. The van der Waals surface area contributed by atoms with Crippen molar-refractivity contribution in [1.82, 2.24) is 5.32 Å². The fourth-order valence-corrected chi connectivity index (χ4v) is 3.75. The lowest BCUT2D eigenvalue weighted by molar-refractivity contribution is -0.141. The van der Waals surface area contributed by atoms with E-state index in [4.69, 9.17) is 14.5 Å². The Morgan fingerprint density at radius 1 is 1.26 bits per heavy atom. The molecule has 2 atom stereocenters. The topological polar surface area (TPSA) is 59.9 Å². The number of rotatable bonds is 11. The molecule has 1 fully saturated rings. The molecular weight excluding hydrogens is 457 g/mol. The second-order valence-electron chi connectivity index (χ2n) is 8.27. The van der Waals surface area contributed by atoms with Crippen LogP contribution in [-0.4, -0.2) is 37.5 Å². The van der Waals surface area contributed by atoms with Gasteiger partial charge in [0.25, 0.3) is 0 Å². The largest absolute Gasteiger partial charge is 0.493 e. The fourth-order valence-electron chi connectivity index (χ4n) is 3.75. The predicted molar refractivity (Wildman–Crippen MR) is 136 cm³/mol. The molecule has 2 unspecified atom stereocenters. The number of allylic oxidation sites excluding steroid dienone is 1. The van der Waals surface area contributed by atoms with E-state index in [0.29, 0.717) is 24.1 Å². The van der Waals surface area contributed by atoms with Gasteiger partial charge in [0.1, 0.15) is 5.75 Å². The molecule has 1 aromatic rings. The van der Waals surface area contributed by atoms with Crippen molar-refractivity contribution in [3.63, 3.8) is 0 Å². The Balaban J connectivity index is 0.00000298. The molecule has 1 aliphatic heterocycles. The quantitative estimate of drug-likeness (QED) is 0.202. The first kappa shape index (κ1) is 30.7. The molecule has 0 amide bonds. The lowest BCUT2D eigenvalue weighted by Gasteiger charge is -2.21. The third-order valence-corrected chi connectivity index (χ3v) is 5.74. The summed E-state index contributed by atoms with van der Waals surface area (Å²) in [4.78, 5) is 15.6. The van der Waals surface area contributed by atoms with Gasteiger partial charge in [-0.2, -0.15) is 13.2 Å². The van der Waals surface area contributed by atoms with Gasteiger partial charge in [-0.25, -0.2) is 0 Å². The van der Waals surface area contributed by atoms with E-state index in [9.17, 15) is 18.0 Å². The van der Waals surface area contributed by atoms with Crippen LogP contribution in [0.5, 0.6) is 5.75 Å². The van der Waals surface area contributed by atoms with E-state index >= 15 is 0 Å². The number of esters is 1. The average Bonchev–Trinajstić information content (AvgIpc) is 3.37. The summed E-state index contributed by atoms with van der Waals surface area (Å²) in [5.41, 5.74) is 1.10. The van der Waals surface area contributed by atoms with Crippen LogP contribution in [0.2, 0.25) is 0 Å². The number of ether oxygens (including phenoxy) is 2. The summed E-state index contributed by atoms with van der Waals surface area (Å²) in [5, 5.41) is 3.46. The summed E-state index contributed by atoms with van der Waals surface area (Å²) in [7, 11) is 0. The molecule has 1 heterocycles. The van der Waals surface area contributed by atoms with Crippen LogP contribution >= 0.6 is 0 Å². The number of carbonyl (C=O) groups excluding carboxylic acids is 1. The standard InChI is InChI=1S/C25H35F3N2O3.C2H6/c1-5-17(3)24(22-10-9-13-29-22)30-21(6-2)19-11-12-23(20(16-19)25(26,27)28)33-15-8-7-14-32-18(4)31;1-2/h6,11-12,16-17,22,29H,5,7-10,13-15H2,1-4H3;1-2H3/b21-6-,30-24?;. The lowest BCUT2D eigenvalue weighted by atomic mass is 9.95. The van der Waals surface area contributed by atoms with Crippen LogP contribution in [0.3, 0.4) is 0 Å². The number of halogens is 3. The predicted octanol–water partition coefficient (Wildman–Crippen LogP) is 7.05. The maximum Gasteiger partial charge on any atom is 0.419 e. The van der Waals surface area contributed by atoms with Gasteiger partial charge in [-0.1, -0.05) is 33.8 Å². The number of benzene rings is 1. The number of hydrogen-bond donors (Lipinski definition) is 1. The van der Waals surface area contributed by atoms with E-state index in [1.807, 2.05) is 13.8 Å². The van der Waals surface area contributed by atoms with Crippen molar-refractivity contribution in [2.75, 3.05) is 19.8 Å². The van der Waals surface area contributed by atoms with Crippen LogP contribution < -0.4 is 10.1 Å². The van der Waals surface area contributed by atoms with Crippen molar-refractivity contribution in [2.45, 2.75) is 85.9 Å². The van der Waals surface area contributed by atoms with Gasteiger partial charge in [-0.3, -0.25) is 9.79 Å². The van der Waals surface area contributed by atoms with Crippen LogP contribution in [0, 0.1) is 5.92 Å². The normalized spacial score (nSPS) is 17.5. The summed E-state index contributed by atoms with van der Waals surface area (Å²) >= 11 is 0. The highest BCUT2D eigenvalue weighted by Crippen LogP contribution is 2.38. The van der Waals surface area contributed by atoms with Crippen molar-refractivity contribution in [2.24, 2.45) is 10.9 Å². The number of nitrogens with one attached hydrogen (secondary N) is 1. The van der Waals surface area contributed by atoms with Gasteiger partial charge in [-0.15, -0.1) is 0 Å². The minimum absolute atomic E-state index is 0.101. The number of carbonyl (C=O) groups is 1. The molecule has 1 aliphatic rings. The SMILES string of the molecule is C/C=C(\N=C(C(C)CC)C1CCCN1)c1ccc(OCCCCOC(C)=O)c(C(F)(F)F)c1.CC. The molecule has 1 aromatic carbocycles. The minimum atomic E-state index is -4.56. The molecule has 2 rings (SSSR count). The Labute approximate surface area is 208 Å². The van der Waals surface area contributed by atoms with Crippen molar-refractivity contribution in [1.29, 1.82) is 0 Å². The second-order valence-corrected chi connectivity index (χ2v) is 8.27. The monoisotopic (exact) mass is 498 g/mol. The maximum atomic E-state index is 13.8. The van der Waals surface area contributed by atoms with E-state index in [1.54, 1.807) is 19.1 Å². The Hall–Kier alpha value is -2.35. The summed E-state index contributed by atoms with van der Waals surface area (Å²) in [5.74, 6) is -0.362. The van der Waals surface area contributed by atoms with Crippen molar-refractivity contribution in [3.8, 4) is 5.75 Å². The molecule has 5 nitrogen and oxygen atoms in total. The third-order valence-electron chi connectivity index (χ3n) is 5.74. The zero-order valence-corrected chi connectivity index (χ0v) is 21.9. The fraction of sp³-hybridized carbons (Fsp3) is 0.630. The molecule has 0 saturated carbocycles. The van der Waals surface area contributed by atoms with Gasteiger partial charge in [0.2, 0.25) is 0 Å². The summed E-state index contributed by atoms with van der Waals surface area (Å²) in [6.07, 6.45) is 1.15. The highest BCUT2D eigenvalue weighted by Gasteiger charge is 2.35. The van der Waals surface area contributed by atoms with E-state index in [1.165, 1.54) is 13.0 Å². The summed E-state index contributed by atoms with van der Waals surface area (Å²) in [6, 6.07) is 4.26. The van der Waals surface area contributed by atoms with Crippen molar-refractivity contribution in [3.05, 3.63) is 35.4 Å². The summed E-state index contributed by atoms with van der Waals surface area (Å²) < 4.78 is 51.7. The number of alkyl halides is 3. The zero-order valence-electron chi connectivity index (χ0n) is 21.9. The van der Waals surface area contributed by atoms with Gasteiger partial charge in [-0.05, 0) is 69.7 Å². The minimum Gasteiger partial charge on any atom is -0.493 e. The Morgan fingerprint density at radius 3 is 2.49 bits per heavy atom. The zero-order chi connectivity index (χ0) is 26.4. The van der Waals surface area contributed by atoms with Crippen LogP contribution in [0.15, 0.2) is 29.3 Å². The van der Waals surface area contributed by atoms with E-state index in [-0.39, 0.29) is 36.9 Å². The molecule has 0 aromatic heterocycles. The van der Waals surface area contributed by atoms with Gasteiger partial charge in [0.05, 0.1) is 24.5 Å². The summed E-state index contributed by atoms with van der Waals surface area (Å²) in [6.45, 7) is 12.5. The molecule has 0 radical (unpaired) electrons. The first-order valence-corrected chi connectivity index (χ1v) is 12.6. The number of unbranched alkanes of at least 4 members (excludes halogenated alkanes) is 1. The van der Waals surface area contributed by atoms with Gasteiger partial charge in [0, 0.05) is 24.2 Å². The number of nitrogens with zero attached hydrogens (tertiary/aromatic N) is 1. The molecule has 35 heavy (non-hydrogen) atoms. The van der Waals surface area contributed by atoms with Crippen LogP contribution in [0.25, 0.3) is 5.70 Å². The number of hydrogen-bond acceptors (Lipinski definition) is 5. The first-order valence-electron chi connectivity index (χ1n) is 12.6. The second kappa shape index (κ2) is 15.6. The molecule has 1 N–H and O–H groups in total. The van der Waals surface area contributed by atoms with Gasteiger partial charge in [0.15, 0.2) is 0 Å². The van der Waals surface area contributed by atoms with Crippen LogP contribution in [0.4, 0.5) is 13.2 Å². The number of aliphatic imine (C=N–C) groups is 1. The van der Waals surface area contributed by atoms with Crippen LogP contribution in [-0.2, 0) is 15.7 Å². The Bertz CT molecular complexity index is 845. The molecule has 0 bridgehead atoms.